The van der Waals surface area contributed by atoms with Gasteiger partial charge in [-0.3, -0.25) is 9.59 Å². The van der Waals surface area contributed by atoms with Gasteiger partial charge in [0.2, 0.25) is 5.91 Å². The molecule has 0 fully saturated rings. The van der Waals surface area contributed by atoms with E-state index in [0.29, 0.717) is 23.5 Å². The first-order valence-electron chi connectivity index (χ1n) is 11.8. The summed E-state index contributed by atoms with van der Waals surface area (Å²) in [6.07, 6.45) is -8.88. The highest BCUT2D eigenvalue weighted by Gasteiger charge is 2.38. The molecule has 210 valence electrons. The van der Waals surface area contributed by atoms with Crippen molar-refractivity contribution in [3.8, 4) is 0 Å². The minimum absolute atomic E-state index is 0.0225. The first-order chi connectivity index (χ1) is 18.1. The zero-order valence-electron chi connectivity index (χ0n) is 20.9. The molecule has 0 N–H and O–H groups in total. The van der Waals surface area contributed by atoms with Gasteiger partial charge < -0.3 is 14.2 Å². The van der Waals surface area contributed by atoms with Crippen LogP contribution in [0.25, 0.3) is 0 Å². The van der Waals surface area contributed by atoms with E-state index in [-0.39, 0.29) is 31.6 Å². The molecule has 2 aromatic carbocycles. The molecule has 0 saturated carbocycles. The summed E-state index contributed by atoms with van der Waals surface area (Å²) >= 11 is 0. The Morgan fingerprint density at radius 1 is 0.846 bits per heavy atom. The predicted molar refractivity (Wildman–Crippen MR) is 127 cm³/mol. The molecule has 0 radical (unpaired) electrons. The van der Waals surface area contributed by atoms with Gasteiger partial charge in [-0.05, 0) is 53.9 Å². The van der Waals surface area contributed by atoms with Crippen molar-refractivity contribution in [2.75, 3.05) is 13.1 Å². The van der Waals surface area contributed by atoms with E-state index >= 15 is 0 Å². The van der Waals surface area contributed by atoms with E-state index in [0.717, 1.165) is 4.90 Å². The number of hydrogen-bond donors (Lipinski definition) is 0. The van der Waals surface area contributed by atoms with Crippen LogP contribution >= 0.6 is 0 Å². The Morgan fingerprint density at radius 3 is 1.92 bits per heavy atom. The molecular formula is C27H25F7N2O3. The molecule has 0 atom stereocenters. The van der Waals surface area contributed by atoms with E-state index in [1.54, 1.807) is 26.0 Å². The Kier molecular flexibility index (Phi) is 9.08. The lowest BCUT2D eigenvalue weighted by Gasteiger charge is -2.29. The zero-order valence-corrected chi connectivity index (χ0v) is 20.9. The zero-order chi connectivity index (χ0) is 29.0. The van der Waals surface area contributed by atoms with Crippen molar-refractivity contribution in [2.45, 2.75) is 39.3 Å². The highest BCUT2D eigenvalue weighted by atomic mass is 19.4. The van der Waals surface area contributed by atoms with Gasteiger partial charge in [-0.1, -0.05) is 26.0 Å². The van der Waals surface area contributed by atoms with Gasteiger partial charge in [-0.15, -0.1) is 0 Å². The summed E-state index contributed by atoms with van der Waals surface area (Å²) in [6, 6.07) is 9.12. The number of nitrogens with zero attached hydrogens (tertiary/aromatic N) is 2. The maximum absolute atomic E-state index is 13.4. The van der Waals surface area contributed by atoms with Crippen molar-refractivity contribution >= 4 is 11.8 Å². The SMILES string of the molecule is CC(C)CN(CC(=O)N(Cc1ccc(F)cc1)Cc1ccco1)C(=O)c1cc(C(F)(F)F)cc(C(F)(F)F)c1. The lowest BCUT2D eigenvalue weighted by molar-refractivity contribution is -0.143. The third-order valence-electron chi connectivity index (χ3n) is 5.60. The van der Waals surface area contributed by atoms with Crippen LogP contribution in [-0.2, 0) is 30.2 Å². The van der Waals surface area contributed by atoms with E-state index in [1.807, 2.05) is 0 Å². The Balaban J connectivity index is 1.94. The fourth-order valence-corrected chi connectivity index (χ4v) is 3.82. The summed E-state index contributed by atoms with van der Waals surface area (Å²) < 4.78 is 98.8. The Morgan fingerprint density at radius 2 is 1.44 bits per heavy atom. The molecule has 12 heteroatoms. The first-order valence-corrected chi connectivity index (χ1v) is 11.8. The number of halogens is 7. The first kappa shape index (κ1) is 29.7. The van der Waals surface area contributed by atoms with Crippen LogP contribution in [-0.4, -0.2) is 34.7 Å². The number of furan rings is 1. The molecule has 3 aromatic rings. The van der Waals surface area contributed by atoms with Crippen molar-refractivity contribution < 1.29 is 44.7 Å². The summed E-state index contributed by atoms with van der Waals surface area (Å²) in [4.78, 5) is 28.9. The summed E-state index contributed by atoms with van der Waals surface area (Å²) in [5.41, 5.74) is -3.56. The van der Waals surface area contributed by atoms with Gasteiger partial charge in [0.05, 0.1) is 23.9 Å². The molecule has 0 spiro atoms. The van der Waals surface area contributed by atoms with Crippen LogP contribution in [0, 0.1) is 11.7 Å². The van der Waals surface area contributed by atoms with Gasteiger partial charge in [0.1, 0.15) is 18.1 Å². The van der Waals surface area contributed by atoms with Crippen LogP contribution in [0.2, 0.25) is 0 Å². The van der Waals surface area contributed by atoms with Crippen LogP contribution in [0.5, 0.6) is 0 Å². The van der Waals surface area contributed by atoms with Crippen molar-refractivity contribution in [1.82, 2.24) is 9.80 Å². The van der Waals surface area contributed by atoms with Crippen LogP contribution in [0.4, 0.5) is 30.7 Å². The molecular weight excluding hydrogens is 533 g/mol. The second-order valence-electron chi connectivity index (χ2n) is 9.33. The van der Waals surface area contributed by atoms with E-state index in [2.05, 4.69) is 0 Å². The standard InChI is InChI=1S/C27H25F7N2O3/c1-17(2)13-36(25(38)19-10-20(26(29,30)31)12-21(11-19)27(32,33)34)16-24(37)35(15-23-4-3-9-39-23)14-18-5-7-22(28)8-6-18/h3-12,17H,13-16H2,1-2H3. The molecule has 5 nitrogen and oxygen atoms in total. The van der Waals surface area contributed by atoms with E-state index in [4.69, 9.17) is 4.42 Å². The van der Waals surface area contributed by atoms with E-state index in [9.17, 15) is 40.3 Å². The molecule has 0 aliphatic heterocycles. The van der Waals surface area contributed by atoms with Gasteiger partial charge in [-0.25, -0.2) is 4.39 Å². The summed E-state index contributed by atoms with van der Waals surface area (Å²) in [6.45, 7) is 2.54. The van der Waals surface area contributed by atoms with Gasteiger partial charge in [0.25, 0.3) is 5.91 Å². The third-order valence-corrected chi connectivity index (χ3v) is 5.60. The van der Waals surface area contributed by atoms with E-state index < -0.39 is 53.2 Å². The van der Waals surface area contributed by atoms with Crippen molar-refractivity contribution in [3.05, 3.63) is 94.7 Å². The molecule has 1 aromatic heterocycles. The van der Waals surface area contributed by atoms with Gasteiger partial charge in [0.15, 0.2) is 0 Å². The molecule has 39 heavy (non-hydrogen) atoms. The maximum atomic E-state index is 13.4. The highest BCUT2D eigenvalue weighted by molar-refractivity contribution is 5.97. The topological polar surface area (TPSA) is 53.8 Å². The van der Waals surface area contributed by atoms with Crippen LogP contribution in [0.3, 0.4) is 0 Å². The van der Waals surface area contributed by atoms with E-state index in [1.165, 1.54) is 35.4 Å². The normalized spacial score (nSPS) is 12.1. The number of benzene rings is 2. The average molecular weight is 558 g/mol. The monoisotopic (exact) mass is 558 g/mol. The average Bonchev–Trinajstić information content (AvgIpc) is 3.35. The Labute approximate surface area is 219 Å². The Hall–Kier alpha value is -3.83. The molecule has 0 aliphatic carbocycles. The quantitative estimate of drug-likeness (QED) is 0.272. The molecule has 2 amide bonds. The number of carbonyl (C=O) groups is 2. The minimum Gasteiger partial charge on any atom is -0.467 e. The smallest absolute Gasteiger partial charge is 0.416 e. The number of hydrogen-bond acceptors (Lipinski definition) is 3. The van der Waals surface area contributed by atoms with Crippen molar-refractivity contribution in [1.29, 1.82) is 0 Å². The lowest BCUT2D eigenvalue weighted by atomic mass is 10.0. The molecule has 0 unspecified atom stereocenters. The number of rotatable bonds is 9. The van der Waals surface area contributed by atoms with Crippen molar-refractivity contribution in [3.63, 3.8) is 0 Å². The van der Waals surface area contributed by atoms with Crippen LogP contribution < -0.4 is 0 Å². The fourth-order valence-electron chi connectivity index (χ4n) is 3.82. The molecule has 0 bridgehead atoms. The van der Waals surface area contributed by atoms with Crippen molar-refractivity contribution in [2.24, 2.45) is 5.92 Å². The highest BCUT2D eigenvalue weighted by Crippen LogP contribution is 2.36. The maximum Gasteiger partial charge on any atom is 0.416 e. The minimum atomic E-state index is -5.13. The molecule has 0 aliphatic rings. The number of alkyl halides is 6. The molecule has 3 rings (SSSR count). The number of carbonyl (C=O) groups excluding carboxylic acids is 2. The van der Waals surface area contributed by atoms with Crippen LogP contribution in [0.15, 0.2) is 65.3 Å². The lowest BCUT2D eigenvalue weighted by Crippen LogP contribution is -2.44. The number of amides is 2. The fraction of sp³-hybridized carbons (Fsp3) is 0.333. The summed E-state index contributed by atoms with van der Waals surface area (Å²) in [5.74, 6) is -2.18. The predicted octanol–water partition coefficient (Wildman–Crippen LogP) is 6.78. The van der Waals surface area contributed by atoms with Gasteiger partial charge in [0, 0.05) is 18.7 Å². The second-order valence-corrected chi connectivity index (χ2v) is 9.33. The third kappa shape index (κ3) is 8.33. The van der Waals surface area contributed by atoms with Gasteiger partial charge >= 0.3 is 12.4 Å². The Bertz CT molecular complexity index is 1240. The summed E-state index contributed by atoms with van der Waals surface area (Å²) in [5, 5.41) is 0. The molecule has 1 heterocycles. The van der Waals surface area contributed by atoms with Gasteiger partial charge in [-0.2, -0.15) is 26.3 Å². The molecule has 0 saturated heterocycles. The largest absolute Gasteiger partial charge is 0.467 e. The van der Waals surface area contributed by atoms with Crippen LogP contribution in [0.1, 0.15) is 46.7 Å². The summed E-state index contributed by atoms with van der Waals surface area (Å²) in [7, 11) is 0. The second kappa shape index (κ2) is 11.9.